The van der Waals surface area contributed by atoms with Crippen molar-refractivity contribution in [2.45, 2.75) is 19.4 Å². The zero-order valence-corrected chi connectivity index (χ0v) is 18.7. The SMILES string of the molecule is COc1cc(Cl)ccc1/N=c1\scc(-c2ccc(F)cc2)n1CCCNCCC(N)=O. The summed E-state index contributed by atoms with van der Waals surface area (Å²) in [5.41, 5.74) is 7.70. The summed E-state index contributed by atoms with van der Waals surface area (Å²) >= 11 is 7.56. The number of halogens is 2. The van der Waals surface area contributed by atoms with E-state index in [4.69, 9.17) is 27.1 Å². The maximum absolute atomic E-state index is 13.4. The second kappa shape index (κ2) is 11.1. The molecule has 9 heteroatoms. The van der Waals surface area contributed by atoms with Gasteiger partial charge in [-0.05, 0) is 54.9 Å². The predicted molar refractivity (Wildman–Crippen MR) is 122 cm³/mol. The lowest BCUT2D eigenvalue weighted by Crippen LogP contribution is -2.24. The van der Waals surface area contributed by atoms with Crippen LogP contribution in [-0.2, 0) is 11.3 Å². The first-order valence-corrected chi connectivity index (χ1v) is 11.0. The summed E-state index contributed by atoms with van der Waals surface area (Å²) in [6, 6.07) is 11.7. The predicted octanol–water partition coefficient (Wildman–Crippen LogP) is 4.11. The molecule has 0 atom stereocenters. The Bertz CT molecular complexity index is 1100. The van der Waals surface area contributed by atoms with Crippen LogP contribution in [-0.4, -0.2) is 30.7 Å². The molecule has 0 unspecified atom stereocenters. The molecule has 1 amide bonds. The molecule has 0 aliphatic carbocycles. The number of primary amides is 1. The molecule has 0 bridgehead atoms. The Morgan fingerprint density at radius 2 is 2.03 bits per heavy atom. The van der Waals surface area contributed by atoms with Crippen molar-refractivity contribution in [3.8, 4) is 17.0 Å². The third-order valence-corrected chi connectivity index (χ3v) is 5.68. The quantitative estimate of drug-likeness (QED) is 0.445. The van der Waals surface area contributed by atoms with Gasteiger partial charge < -0.3 is 20.4 Å². The van der Waals surface area contributed by atoms with Crippen LogP contribution in [0.2, 0.25) is 5.02 Å². The number of thiazole rings is 1. The highest BCUT2D eigenvalue weighted by Crippen LogP contribution is 2.30. The maximum Gasteiger partial charge on any atom is 0.218 e. The summed E-state index contributed by atoms with van der Waals surface area (Å²) in [5.74, 6) is -0.0137. The summed E-state index contributed by atoms with van der Waals surface area (Å²) in [5, 5.41) is 5.80. The zero-order chi connectivity index (χ0) is 22.2. The summed E-state index contributed by atoms with van der Waals surface area (Å²) in [6.07, 6.45) is 1.12. The molecule has 0 aliphatic rings. The normalized spacial score (nSPS) is 11.6. The lowest BCUT2D eigenvalue weighted by Gasteiger charge is -2.10. The largest absolute Gasteiger partial charge is 0.494 e. The molecule has 0 radical (unpaired) electrons. The Balaban J connectivity index is 1.90. The first-order chi connectivity index (χ1) is 15.0. The molecule has 31 heavy (non-hydrogen) atoms. The minimum atomic E-state index is -0.323. The van der Waals surface area contributed by atoms with Gasteiger partial charge >= 0.3 is 0 Å². The van der Waals surface area contributed by atoms with Crippen LogP contribution in [0.15, 0.2) is 52.8 Å². The highest BCUT2D eigenvalue weighted by molar-refractivity contribution is 7.07. The number of hydrogen-bond acceptors (Lipinski definition) is 5. The Hall–Kier alpha value is -2.68. The fourth-order valence-electron chi connectivity index (χ4n) is 3.03. The Kier molecular flexibility index (Phi) is 8.22. The van der Waals surface area contributed by atoms with Crippen LogP contribution in [0, 0.1) is 5.82 Å². The third kappa shape index (κ3) is 6.40. The molecule has 1 aromatic heterocycles. The molecule has 1 heterocycles. The van der Waals surface area contributed by atoms with Gasteiger partial charge in [-0.2, -0.15) is 0 Å². The average molecular weight is 463 g/mol. The second-order valence-corrected chi connectivity index (χ2v) is 8.08. The molecule has 0 fully saturated rings. The lowest BCUT2D eigenvalue weighted by molar-refractivity contribution is -0.117. The van der Waals surface area contributed by atoms with Gasteiger partial charge in [0.1, 0.15) is 17.3 Å². The Labute approximate surface area is 189 Å². The van der Waals surface area contributed by atoms with Crippen molar-refractivity contribution < 1.29 is 13.9 Å². The van der Waals surface area contributed by atoms with Crippen molar-refractivity contribution in [3.05, 3.63) is 63.5 Å². The number of nitrogens with one attached hydrogen (secondary N) is 1. The summed E-state index contributed by atoms with van der Waals surface area (Å²) in [7, 11) is 1.58. The van der Waals surface area contributed by atoms with Crippen LogP contribution >= 0.6 is 22.9 Å². The van der Waals surface area contributed by atoms with E-state index in [-0.39, 0.29) is 11.7 Å². The first kappa shape index (κ1) is 23.0. The van der Waals surface area contributed by atoms with Gasteiger partial charge in [0.25, 0.3) is 0 Å². The van der Waals surface area contributed by atoms with Gasteiger partial charge in [0.2, 0.25) is 5.91 Å². The van der Waals surface area contributed by atoms with Gasteiger partial charge in [0, 0.05) is 36.0 Å². The number of methoxy groups -OCH3 is 1. The minimum absolute atomic E-state index is 0.278. The van der Waals surface area contributed by atoms with E-state index >= 15 is 0 Å². The number of benzene rings is 2. The molecular formula is C22H24ClFN4O2S. The van der Waals surface area contributed by atoms with Gasteiger partial charge in [-0.15, -0.1) is 11.3 Å². The van der Waals surface area contributed by atoms with Gasteiger partial charge in [0.05, 0.1) is 12.8 Å². The molecule has 0 aliphatic heterocycles. The monoisotopic (exact) mass is 462 g/mol. The van der Waals surface area contributed by atoms with Gasteiger partial charge in [-0.1, -0.05) is 11.6 Å². The van der Waals surface area contributed by atoms with E-state index in [1.165, 1.54) is 23.5 Å². The fraction of sp³-hybridized carbons (Fsp3) is 0.273. The minimum Gasteiger partial charge on any atom is -0.494 e. The molecule has 3 aromatic rings. The van der Waals surface area contributed by atoms with E-state index in [0.29, 0.717) is 36.0 Å². The van der Waals surface area contributed by atoms with Crippen molar-refractivity contribution in [1.29, 1.82) is 0 Å². The number of aromatic nitrogens is 1. The molecule has 0 saturated heterocycles. The van der Waals surface area contributed by atoms with E-state index in [1.54, 1.807) is 31.4 Å². The smallest absolute Gasteiger partial charge is 0.218 e. The van der Waals surface area contributed by atoms with E-state index in [0.717, 1.165) is 29.0 Å². The van der Waals surface area contributed by atoms with E-state index < -0.39 is 0 Å². The number of hydrogen-bond donors (Lipinski definition) is 2. The van der Waals surface area contributed by atoms with Crippen molar-refractivity contribution >= 4 is 34.5 Å². The van der Waals surface area contributed by atoms with Gasteiger partial charge in [-0.25, -0.2) is 9.38 Å². The highest BCUT2D eigenvalue weighted by atomic mass is 35.5. The Morgan fingerprint density at radius 1 is 1.26 bits per heavy atom. The molecule has 3 rings (SSSR count). The number of nitrogens with two attached hydrogens (primary N) is 1. The molecule has 2 aromatic carbocycles. The van der Waals surface area contributed by atoms with Gasteiger partial charge in [-0.3, -0.25) is 4.79 Å². The van der Waals surface area contributed by atoms with Crippen LogP contribution in [0.3, 0.4) is 0 Å². The standard InChI is InChI=1S/C22H24ClFN4O2S/c1-30-20-13-16(23)5-8-18(20)27-22-28(12-2-10-26-11-9-21(25)29)19(14-31-22)15-3-6-17(24)7-4-15/h3-8,13-14,26H,2,9-12H2,1H3,(H2,25,29)/b27-22-. The number of rotatable bonds is 10. The topological polar surface area (TPSA) is 81.6 Å². The Morgan fingerprint density at radius 3 is 2.74 bits per heavy atom. The lowest BCUT2D eigenvalue weighted by atomic mass is 10.1. The van der Waals surface area contributed by atoms with E-state index in [9.17, 15) is 9.18 Å². The van der Waals surface area contributed by atoms with Crippen molar-refractivity contribution in [2.75, 3.05) is 20.2 Å². The highest BCUT2D eigenvalue weighted by Gasteiger charge is 2.10. The van der Waals surface area contributed by atoms with Crippen LogP contribution in [0.4, 0.5) is 10.1 Å². The first-order valence-electron chi connectivity index (χ1n) is 9.79. The van der Waals surface area contributed by atoms with Gasteiger partial charge in [0.15, 0.2) is 4.80 Å². The molecule has 3 N–H and O–H groups in total. The summed E-state index contributed by atoms with van der Waals surface area (Å²) in [4.78, 5) is 16.4. The second-order valence-electron chi connectivity index (χ2n) is 6.81. The van der Waals surface area contributed by atoms with Crippen molar-refractivity contribution in [1.82, 2.24) is 9.88 Å². The maximum atomic E-state index is 13.4. The van der Waals surface area contributed by atoms with Crippen LogP contribution in [0.5, 0.6) is 5.75 Å². The fourth-order valence-corrected chi connectivity index (χ4v) is 4.14. The molecule has 6 nitrogen and oxygen atoms in total. The average Bonchev–Trinajstić information content (AvgIpc) is 3.14. The number of nitrogens with zero attached hydrogens (tertiary/aromatic N) is 2. The van der Waals surface area contributed by atoms with Crippen molar-refractivity contribution in [3.63, 3.8) is 0 Å². The van der Waals surface area contributed by atoms with E-state index in [2.05, 4.69) is 9.88 Å². The van der Waals surface area contributed by atoms with Crippen LogP contribution in [0.25, 0.3) is 11.3 Å². The number of amides is 1. The van der Waals surface area contributed by atoms with Crippen LogP contribution < -0.4 is 20.6 Å². The number of carbonyl (C=O) groups excluding carboxylic acids is 1. The zero-order valence-electron chi connectivity index (χ0n) is 17.1. The van der Waals surface area contributed by atoms with E-state index in [1.807, 2.05) is 11.4 Å². The summed E-state index contributed by atoms with van der Waals surface area (Å²) < 4.78 is 20.9. The molecular weight excluding hydrogens is 439 g/mol. The van der Waals surface area contributed by atoms with Crippen molar-refractivity contribution in [2.24, 2.45) is 10.7 Å². The third-order valence-electron chi connectivity index (χ3n) is 4.58. The van der Waals surface area contributed by atoms with Crippen LogP contribution in [0.1, 0.15) is 12.8 Å². The molecule has 0 spiro atoms. The summed E-state index contributed by atoms with van der Waals surface area (Å²) in [6.45, 7) is 1.96. The molecule has 0 saturated carbocycles. The number of ether oxygens (including phenoxy) is 1. The molecule has 164 valence electrons. The number of carbonyl (C=O) groups is 1.